The highest BCUT2D eigenvalue weighted by atomic mass is 16.5. The van der Waals surface area contributed by atoms with Crippen LogP contribution in [0.2, 0.25) is 0 Å². The smallest absolute Gasteiger partial charge is 0.341 e. The van der Waals surface area contributed by atoms with Gasteiger partial charge in [0.1, 0.15) is 23.1 Å². The Bertz CT molecular complexity index is 1000. The number of rotatable bonds is 7. The Kier molecular flexibility index (Phi) is 7.12. The van der Waals surface area contributed by atoms with Gasteiger partial charge >= 0.3 is 5.97 Å². The summed E-state index contributed by atoms with van der Waals surface area (Å²) in [6.07, 6.45) is 1.44. The van der Waals surface area contributed by atoms with Crippen molar-refractivity contribution in [1.29, 1.82) is 5.26 Å². The van der Waals surface area contributed by atoms with Gasteiger partial charge in [0.15, 0.2) is 6.61 Å². The van der Waals surface area contributed by atoms with Crippen molar-refractivity contribution < 1.29 is 24.2 Å². The maximum atomic E-state index is 12.9. The molecule has 31 heavy (non-hydrogen) atoms. The van der Waals surface area contributed by atoms with Crippen molar-refractivity contribution in [2.75, 3.05) is 44.8 Å². The number of carboxylic acids is 1. The third-order valence-corrected chi connectivity index (χ3v) is 4.93. The minimum Gasteiger partial charge on any atom is -0.497 e. The van der Waals surface area contributed by atoms with Crippen LogP contribution in [0.15, 0.2) is 54.1 Å². The van der Waals surface area contributed by atoms with Crippen LogP contribution in [0.4, 0.5) is 5.69 Å². The molecule has 1 amide bonds. The Hall–Kier alpha value is -3.99. The van der Waals surface area contributed by atoms with Gasteiger partial charge in [0.25, 0.3) is 5.91 Å². The molecular formula is C23H23N3O5. The summed E-state index contributed by atoms with van der Waals surface area (Å²) in [6, 6.07) is 16.4. The third-order valence-electron chi connectivity index (χ3n) is 4.93. The summed E-state index contributed by atoms with van der Waals surface area (Å²) in [4.78, 5) is 27.5. The molecule has 8 nitrogen and oxygen atoms in total. The zero-order valence-electron chi connectivity index (χ0n) is 17.2. The Morgan fingerprint density at radius 2 is 1.77 bits per heavy atom. The summed E-state index contributed by atoms with van der Waals surface area (Å²) in [6.45, 7) is 1.76. The number of amides is 1. The fourth-order valence-corrected chi connectivity index (χ4v) is 3.30. The van der Waals surface area contributed by atoms with Gasteiger partial charge in [0.2, 0.25) is 0 Å². The highest BCUT2D eigenvalue weighted by Crippen LogP contribution is 2.23. The molecule has 0 bridgehead atoms. The number of nitriles is 1. The lowest BCUT2D eigenvalue weighted by atomic mass is 10.1. The van der Waals surface area contributed by atoms with E-state index >= 15 is 0 Å². The van der Waals surface area contributed by atoms with Crippen LogP contribution in [0.25, 0.3) is 6.08 Å². The minimum atomic E-state index is -1.11. The Morgan fingerprint density at radius 3 is 2.39 bits per heavy atom. The summed E-state index contributed by atoms with van der Waals surface area (Å²) >= 11 is 0. The van der Waals surface area contributed by atoms with Gasteiger partial charge in [0.05, 0.1) is 7.11 Å². The number of carbonyl (C=O) groups excluding carboxylic acids is 1. The predicted molar refractivity (Wildman–Crippen MR) is 115 cm³/mol. The van der Waals surface area contributed by atoms with Crippen LogP contribution in [-0.4, -0.2) is 61.8 Å². The summed E-state index contributed by atoms with van der Waals surface area (Å²) in [7, 11) is 1.62. The van der Waals surface area contributed by atoms with Crippen LogP contribution in [0.5, 0.6) is 11.5 Å². The van der Waals surface area contributed by atoms with E-state index in [-0.39, 0.29) is 11.5 Å². The highest BCUT2D eigenvalue weighted by molar-refractivity contribution is 6.02. The second-order valence-electron chi connectivity index (χ2n) is 6.87. The monoisotopic (exact) mass is 421 g/mol. The molecule has 0 spiro atoms. The fraction of sp³-hybridized carbons (Fsp3) is 0.261. The number of para-hydroxylation sites is 1. The van der Waals surface area contributed by atoms with Crippen molar-refractivity contribution in [3.63, 3.8) is 0 Å². The molecule has 0 saturated carbocycles. The lowest BCUT2D eigenvalue weighted by Gasteiger charge is -2.36. The predicted octanol–water partition coefficient (Wildman–Crippen LogP) is 2.41. The van der Waals surface area contributed by atoms with Crippen LogP contribution in [-0.2, 0) is 9.59 Å². The maximum absolute atomic E-state index is 12.9. The number of anilines is 1. The van der Waals surface area contributed by atoms with E-state index in [4.69, 9.17) is 14.6 Å². The molecular weight excluding hydrogens is 398 g/mol. The number of hydrogen-bond acceptors (Lipinski definition) is 6. The van der Waals surface area contributed by atoms with Gasteiger partial charge in [-0.25, -0.2) is 4.79 Å². The van der Waals surface area contributed by atoms with Gasteiger partial charge in [-0.2, -0.15) is 5.26 Å². The van der Waals surface area contributed by atoms with Crippen molar-refractivity contribution in [1.82, 2.24) is 4.90 Å². The molecule has 0 atom stereocenters. The van der Waals surface area contributed by atoms with E-state index in [1.165, 1.54) is 6.08 Å². The molecule has 2 aromatic rings. The van der Waals surface area contributed by atoms with Crippen LogP contribution in [0.3, 0.4) is 0 Å². The average Bonchev–Trinajstić information content (AvgIpc) is 2.81. The molecule has 0 aromatic heterocycles. The average molecular weight is 421 g/mol. The first-order valence-electron chi connectivity index (χ1n) is 9.75. The SMILES string of the molecule is COc1ccc(N2CCN(C(=O)/C(C#N)=C/c3ccccc3OCC(=O)O)CC2)cc1. The number of nitrogens with zero attached hydrogens (tertiary/aromatic N) is 3. The molecule has 1 N–H and O–H groups in total. The number of aliphatic carboxylic acids is 1. The largest absolute Gasteiger partial charge is 0.497 e. The van der Waals surface area contributed by atoms with E-state index in [1.807, 2.05) is 30.3 Å². The zero-order valence-corrected chi connectivity index (χ0v) is 17.2. The van der Waals surface area contributed by atoms with Crippen molar-refractivity contribution in [2.24, 2.45) is 0 Å². The van der Waals surface area contributed by atoms with E-state index in [9.17, 15) is 14.9 Å². The Morgan fingerprint density at radius 1 is 1.10 bits per heavy atom. The highest BCUT2D eigenvalue weighted by Gasteiger charge is 2.24. The second kappa shape index (κ2) is 10.2. The number of benzene rings is 2. The number of methoxy groups -OCH3 is 1. The molecule has 1 aliphatic rings. The zero-order chi connectivity index (χ0) is 22.2. The van der Waals surface area contributed by atoms with E-state index < -0.39 is 12.6 Å². The van der Waals surface area contributed by atoms with Crippen molar-refractivity contribution in [2.45, 2.75) is 0 Å². The molecule has 1 aliphatic heterocycles. The molecule has 0 aliphatic carbocycles. The van der Waals surface area contributed by atoms with Crippen LogP contribution >= 0.6 is 0 Å². The quantitative estimate of drug-likeness (QED) is 0.541. The van der Waals surface area contributed by atoms with Gasteiger partial charge in [-0.15, -0.1) is 0 Å². The molecule has 3 rings (SSSR count). The first kappa shape index (κ1) is 21.7. The second-order valence-corrected chi connectivity index (χ2v) is 6.87. The van der Waals surface area contributed by atoms with Crippen molar-refractivity contribution >= 4 is 23.6 Å². The number of piperazine rings is 1. The fourth-order valence-electron chi connectivity index (χ4n) is 3.30. The van der Waals surface area contributed by atoms with E-state index in [1.54, 1.807) is 36.3 Å². The van der Waals surface area contributed by atoms with Gasteiger partial charge in [-0.3, -0.25) is 4.79 Å². The van der Waals surface area contributed by atoms with Crippen molar-refractivity contribution in [3.05, 3.63) is 59.7 Å². The number of hydrogen-bond donors (Lipinski definition) is 1. The Balaban J connectivity index is 1.68. The van der Waals surface area contributed by atoms with Gasteiger partial charge in [0, 0.05) is 37.4 Å². The van der Waals surface area contributed by atoms with E-state index in [0.29, 0.717) is 37.5 Å². The number of carboxylic acid groups (broad SMARTS) is 1. The molecule has 0 radical (unpaired) electrons. The number of carbonyl (C=O) groups is 2. The first-order chi connectivity index (χ1) is 15.0. The first-order valence-corrected chi connectivity index (χ1v) is 9.75. The number of ether oxygens (including phenoxy) is 2. The van der Waals surface area contributed by atoms with Crippen LogP contribution in [0, 0.1) is 11.3 Å². The molecule has 1 heterocycles. The van der Waals surface area contributed by atoms with Gasteiger partial charge < -0.3 is 24.4 Å². The summed E-state index contributed by atoms with van der Waals surface area (Å²) < 4.78 is 10.4. The molecule has 0 unspecified atom stereocenters. The van der Waals surface area contributed by atoms with Crippen molar-refractivity contribution in [3.8, 4) is 17.6 Å². The lowest BCUT2D eigenvalue weighted by Crippen LogP contribution is -2.49. The molecule has 1 fully saturated rings. The summed E-state index contributed by atoms with van der Waals surface area (Å²) in [5.41, 5.74) is 1.50. The molecule has 2 aromatic carbocycles. The van der Waals surface area contributed by atoms with Crippen LogP contribution < -0.4 is 14.4 Å². The Labute approximate surface area is 180 Å². The molecule has 1 saturated heterocycles. The van der Waals surface area contributed by atoms with Gasteiger partial charge in [-0.05, 0) is 36.4 Å². The van der Waals surface area contributed by atoms with E-state index in [2.05, 4.69) is 4.90 Å². The summed E-state index contributed by atoms with van der Waals surface area (Å²) in [5.74, 6) is -0.376. The summed E-state index contributed by atoms with van der Waals surface area (Å²) in [5, 5.41) is 18.4. The molecule has 8 heteroatoms. The normalized spacial score (nSPS) is 14.0. The van der Waals surface area contributed by atoms with Gasteiger partial charge in [-0.1, -0.05) is 18.2 Å². The maximum Gasteiger partial charge on any atom is 0.341 e. The van der Waals surface area contributed by atoms with Crippen LogP contribution in [0.1, 0.15) is 5.56 Å². The minimum absolute atomic E-state index is 0.0238. The molecule has 160 valence electrons. The lowest BCUT2D eigenvalue weighted by molar-refractivity contribution is -0.139. The topological polar surface area (TPSA) is 103 Å². The standard InChI is InChI=1S/C23H23N3O5/c1-30-20-8-6-19(7-9-20)25-10-12-26(13-11-25)23(29)18(15-24)14-17-4-2-3-5-21(17)31-16-22(27)28/h2-9,14H,10-13,16H2,1H3,(H,27,28)/b18-14+. The third kappa shape index (κ3) is 5.54. The van der Waals surface area contributed by atoms with E-state index in [0.717, 1.165) is 11.4 Å².